The highest BCUT2D eigenvalue weighted by Gasteiger charge is 2.18. The van der Waals surface area contributed by atoms with Crippen LogP contribution in [0.3, 0.4) is 0 Å². The summed E-state index contributed by atoms with van der Waals surface area (Å²) in [6.45, 7) is 4.06. The molecular weight excluding hydrogens is 354 g/mol. The molecule has 1 aliphatic rings. The predicted octanol–water partition coefficient (Wildman–Crippen LogP) is 3.93. The number of methoxy groups -OCH3 is 1. The lowest BCUT2D eigenvalue weighted by Crippen LogP contribution is -2.43. The van der Waals surface area contributed by atoms with Gasteiger partial charge in [0.1, 0.15) is 23.9 Å². The Morgan fingerprint density at radius 2 is 1.61 bits per heavy atom. The van der Waals surface area contributed by atoms with E-state index < -0.39 is 6.10 Å². The Hall–Kier alpha value is -2.69. The highest BCUT2D eigenvalue weighted by Crippen LogP contribution is 2.26. The minimum atomic E-state index is -0.565. The zero-order valence-electron chi connectivity index (χ0n) is 16.9. The van der Waals surface area contributed by atoms with Crippen LogP contribution in [0.4, 0.5) is 0 Å². The summed E-state index contributed by atoms with van der Waals surface area (Å²) in [7, 11) is 1.63. The van der Waals surface area contributed by atoms with Gasteiger partial charge in [0.2, 0.25) is 0 Å². The lowest BCUT2D eigenvalue weighted by molar-refractivity contribution is -0.128. The molecule has 28 heavy (non-hydrogen) atoms. The zero-order chi connectivity index (χ0) is 19.9. The van der Waals surface area contributed by atoms with Crippen molar-refractivity contribution in [3.8, 4) is 17.2 Å². The number of carbonyl (C=O) groups is 1. The molecule has 3 rings (SSSR count). The van der Waals surface area contributed by atoms with Crippen LogP contribution in [0.5, 0.6) is 17.2 Å². The largest absolute Gasteiger partial charge is 0.497 e. The molecule has 0 saturated carbocycles. The molecule has 0 saturated heterocycles. The van der Waals surface area contributed by atoms with Crippen molar-refractivity contribution in [2.45, 2.75) is 51.7 Å². The van der Waals surface area contributed by atoms with E-state index in [1.807, 2.05) is 37.3 Å². The number of rotatable bonds is 8. The Balaban J connectivity index is 1.46. The van der Waals surface area contributed by atoms with Gasteiger partial charge in [-0.2, -0.15) is 0 Å². The molecular formula is C23H29NO4. The summed E-state index contributed by atoms with van der Waals surface area (Å²) < 4.78 is 16.7. The lowest BCUT2D eigenvalue weighted by Gasteiger charge is -2.21. The predicted molar refractivity (Wildman–Crippen MR) is 109 cm³/mol. The summed E-state index contributed by atoms with van der Waals surface area (Å²) in [6.07, 6.45) is 4.13. The fourth-order valence-electron chi connectivity index (χ4n) is 3.34. The highest BCUT2D eigenvalue weighted by atomic mass is 16.5. The molecule has 2 atom stereocenters. The van der Waals surface area contributed by atoms with Gasteiger partial charge in [0.05, 0.1) is 13.2 Å². The molecule has 2 aromatic rings. The first-order valence-corrected chi connectivity index (χ1v) is 9.91. The van der Waals surface area contributed by atoms with Gasteiger partial charge in [-0.25, -0.2) is 0 Å². The van der Waals surface area contributed by atoms with Crippen molar-refractivity contribution in [2.24, 2.45) is 0 Å². The van der Waals surface area contributed by atoms with Gasteiger partial charge in [0, 0.05) is 0 Å². The summed E-state index contributed by atoms with van der Waals surface area (Å²) in [4.78, 5) is 12.4. The van der Waals surface area contributed by atoms with Crippen molar-refractivity contribution in [3.05, 3.63) is 53.6 Å². The van der Waals surface area contributed by atoms with Gasteiger partial charge in [-0.3, -0.25) is 4.79 Å². The van der Waals surface area contributed by atoms with Crippen molar-refractivity contribution < 1.29 is 19.0 Å². The minimum Gasteiger partial charge on any atom is -0.497 e. The number of ether oxygens (including phenoxy) is 3. The summed E-state index contributed by atoms with van der Waals surface area (Å²) in [6, 6.07) is 13.4. The third-order valence-corrected chi connectivity index (χ3v) is 4.95. The summed E-state index contributed by atoms with van der Waals surface area (Å²) in [5.41, 5.74) is 2.75. The topological polar surface area (TPSA) is 56.8 Å². The van der Waals surface area contributed by atoms with Gasteiger partial charge >= 0.3 is 0 Å². The number of fused-ring (bicyclic) bond motifs is 1. The van der Waals surface area contributed by atoms with Gasteiger partial charge < -0.3 is 19.5 Å². The first-order valence-electron chi connectivity index (χ1n) is 9.91. The minimum absolute atomic E-state index is 0.135. The Morgan fingerprint density at radius 3 is 2.32 bits per heavy atom. The fourth-order valence-corrected chi connectivity index (χ4v) is 3.34. The van der Waals surface area contributed by atoms with E-state index in [2.05, 4.69) is 17.4 Å². The number of benzene rings is 2. The Bertz CT molecular complexity index is 788. The molecule has 0 unspecified atom stereocenters. The van der Waals surface area contributed by atoms with E-state index in [0.29, 0.717) is 6.61 Å². The summed E-state index contributed by atoms with van der Waals surface area (Å²) >= 11 is 0. The molecule has 1 N–H and O–H groups in total. The maximum atomic E-state index is 12.4. The van der Waals surface area contributed by atoms with Gasteiger partial charge in [-0.15, -0.1) is 0 Å². The van der Waals surface area contributed by atoms with Crippen molar-refractivity contribution in [1.82, 2.24) is 5.32 Å². The Labute approximate surface area is 167 Å². The third-order valence-electron chi connectivity index (χ3n) is 4.95. The van der Waals surface area contributed by atoms with Crippen LogP contribution in [0.15, 0.2) is 42.5 Å². The lowest BCUT2D eigenvalue weighted by atomic mass is 9.92. The van der Waals surface area contributed by atoms with Crippen molar-refractivity contribution in [1.29, 1.82) is 0 Å². The van der Waals surface area contributed by atoms with Gasteiger partial charge in [0.15, 0.2) is 6.10 Å². The van der Waals surface area contributed by atoms with E-state index in [1.165, 1.54) is 24.0 Å². The second-order valence-electron chi connectivity index (χ2n) is 7.29. The normalized spacial score (nSPS) is 15.1. The van der Waals surface area contributed by atoms with Crippen molar-refractivity contribution in [2.75, 3.05) is 13.7 Å². The number of amides is 1. The maximum Gasteiger partial charge on any atom is 0.261 e. The average molecular weight is 383 g/mol. The van der Waals surface area contributed by atoms with Crippen LogP contribution < -0.4 is 19.5 Å². The zero-order valence-corrected chi connectivity index (χ0v) is 16.9. The molecule has 0 aromatic heterocycles. The van der Waals surface area contributed by atoms with Gasteiger partial charge in [-0.1, -0.05) is 6.07 Å². The van der Waals surface area contributed by atoms with E-state index in [4.69, 9.17) is 14.2 Å². The van der Waals surface area contributed by atoms with Crippen molar-refractivity contribution >= 4 is 5.91 Å². The first-order chi connectivity index (χ1) is 13.5. The standard InChI is InChI=1S/C23H29NO4/c1-16(15-27-21-12-10-20(26-3)11-13-21)24-23(25)17(2)28-22-9-8-18-6-4-5-7-19(18)14-22/h8-14,16-17H,4-7,15H2,1-3H3,(H,24,25)/t16-,17-/m1/s1. The van der Waals surface area contributed by atoms with Gasteiger partial charge in [0.25, 0.3) is 5.91 Å². The number of hydrogen-bond donors (Lipinski definition) is 1. The van der Waals surface area contributed by atoms with E-state index in [1.54, 1.807) is 14.0 Å². The summed E-state index contributed by atoms with van der Waals surface area (Å²) in [5, 5.41) is 2.94. The SMILES string of the molecule is COc1ccc(OC[C@@H](C)NC(=O)[C@@H](C)Oc2ccc3c(c2)CCCC3)cc1. The molecule has 5 heteroatoms. The number of nitrogens with one attached hydrogen (secondary N) is 1. The molecule has 150 valence electrons. The van der Waals surface area contributed by atoms with E-state index >= 15 is 0 Å². The molecule has 0 aliphatic heterocycles. The van der Waals surface area contributed by atoms with E-state index in [9.17, 15) is 4.79 Å². The molecule has 0 radical (unpaired) electrons. The molecule has 2 aromatic carbocycles. The van der Waals surface area contributed by atoms with Crippen LogP contribution in [0.1, 0.15) is 37.8 Å². The smallest absolute Gasteiger partial charge is 0.261 e. The second kappa shape index (κ2) is 9.49. The van der Waals surface area contributed by atoms with Crippen LogP contribution in [-0.2, 0) is 17.6 Å². The van der Waals surface area contributed by atoms with E-state index in [0.717, 1.165) is 30.1 Å². The molecule has 5 nitrogen and oxygen atoms in total. The number of hydrogen-bond acceptors (Lipinski definition) is 4. The molecule has 1 amide bonds. The average Bonchev–Trinajstić information content (AvgIpc) is 2.72. The second-order valence-corrected chi connectivity index (χ2v) is 7.29. The van der Waals surface area contributed by atoms with Crippen LogP contribution in [0.25, 0.3) is 0 Å². The maximum absolute atomic E-state index is 12.4. The summed E-state index contributed by atoms with van der Waals surface area (Å²) in [5.74, 6) is 2.12. The monoisotopic (exact) mass is 383 g/mol. The number of carbonyl (C=O) groups excluding carboxylic acids is 1. The molecule has 1 aliphatic carbocycles. The quantitative estimate of drug-likeness (QED) is 0.751. The molecule has 0 spiro atoms. The highest BCUT2D eigenvalue weighted by molar-refractivity contribution is 5.81. The van der Waals surface area contributed by atoms with Crippen molar-refractivity contribution in [3.63, 3.8) is 0 Å². The van der Waals surface area contributed by atoms with Gasteiger partial charge in [-0.05, 0) is 87.1 Å². The number of aryl methyl sites for hydroxylation is 2. The molecule has 0 heterocycles. The Morgan fingerprint density at radius 1 is 0.964 bits per heavy atom. The Kier molecular flexibility index (Phi) is 6.80. The van der Waals surface area contributed by atoms with Crippen LogP contribution in [0.2, 0.25) is 0 Å². The van der Waals surface area contributed by atoms with Crippen LogP contribution >= 0.6 is 0 Å². The first kappa shape index (κ1) is 20.1. The fraction of sp³-hybridized carbons (Fsp3) is 0.435. The third kappa shape index (κ3) is 5.41. The van der Waals surface area contributed by atoms with Crippen LogP contribution in [-0.4, -0.2) is 31.8 Å². The molecule has 0 bridgehead atoms. The van der Waals surface area contributed by atoms with Crippen LogP contribution in [0, 0.1) is 0 Å². The van der Waals surface area contributed by atoms with E-state index in [-0.39, 0.29) is 11.9 Å². The molecule has 0 fully saturated rings.